The first-order valence-corrected chi connectivity index (χ1v) is 7.82. The molecule has 0 amide bonds. The van der Waals surface area contributed by atoms with Gasteiger partial charge in [0.05, 0.1) is 18.2 Å². The minimum absolute atomic E-state index is 0.0923. The van der Waals surface area contributed by atoms with Crippen molar-refractivity contribution >= 4 is 27.8 Å². The minimum Gasteiger partial charge on any atom is -0.497 e. The number of rotatable bonds is 5. The van der Waals surface area contributed by atoms with Gasteiger partial charge in [-0.05, 0) is 42.0 Å². The maximum absolute atomic E-state index is 12.0. The van der Waals surface area contributed by atoms with E-state index in [1.165, 1.54) is 30.5 Å². The Hall–Kier alpha value is -2.05. The van der Waals surface area contributed by atoms with Gasteiger partial charge in [-0.15, -0.1) is 0 Å². The molecule has 2 aromatic carbocycles. The number of sulfonamides is 1. The van der Waals surface area contributed by atoms with Crippen LogP contribution in [0, 0.1) is 0 Å². The van der Waals surface area contributed by atoms with Crippen LogP contribution in [0.15, 0.2) is 58.5 Å². The SMILES string of the molecule is COc1cccc(/C=N/NS(=O)(=O)c2ccc(Cl)cc2)c1. The smallest absolute Gasteiger partial charge is 0.276 e. The van der Waals surface area contributed by atoms with Gasteiger partial charge in [-0.2, -0.15) is 13.5 Å². The van der Waals surface area contributed by atoms with Gasteiger partial charge in [-0.25, -0.2) is 4.83 Å². The average Bonchev–Trinajstić information content (AvgIpc) is 2.48. The van der Waals surface area contributed by atoms with E-state index in [0.29, 0.717) is 16.3 Å². The van der Waals surface area contributed by atoms with Gasteiger partial charge >= 0.3 is 0 Å². The van der Waals surface area contributed by atoms with Crippen molar-refractivity contribution in [3.05, 3.63) is 59.1 Å². The Morgan fingerprint density at radius 3 is 2.57 bits per heavy atom. The largest absolute Gasteiger partial charge is 0.497 e. The Labute approximate surface area is 128 Å². The Morgan fingerprint density at radius 1 is 1.19 bits per heavy atom. The summed E-state index contributed by atoms with van der Waals surface area (Å²) >= 11 is 5.72. The normalized spacial score (nSPS) is 11.5. The van der Waals surface area contributed by atoms with Gasteiger partial charge in [-0.1, -0.05) is 23.7 Å². The van der Waals surface area contributed by atoms with Crippen molar-refractivity contribution in [1.82, 2.24) is 4.83 Å². The highest BCUT2D eigenvalue weighted by atomic mass is 35.5. The van der Waals surface area contributed by atoms with E-state index < -0.39 is 10.0 Å². The molecular formula is C14H13ClN2O3S. The molecule has 0 aliphatic carbocycles. The summed E-state index contributed by atoms with van der Waals surface area (Å²) < 4.78 is 29.0. The zero-order chi connectivity index (χ0) is 15.3. The molecule has 0 saturated carbocycles. The first-order valence-electron chi connectivity index (χ1n) is 5.96. The van der Waals surface area contributed by atoms with E-state index in [1.54, 1.807) is 31.4 Å². The lowest BCUT2D eigenvalue weighted by Gasteiger charge is -2.03. The molecule has 0 aliphatic rings. The monoisotopic (exact) mass is 324 g/mol. The summed E-state index contributed by atoms with van der Waals surface area (Å²) in [5.74, 6) is 0.666. The number of hydrogen-bond donors (Lipinski definition) is 1. The standard InChI is InChI=1S/C14H13ClN2O3S/c1-20-13-4-2-3-11(9-13)10-16-17-21(18,19)14-7-5-12(15)6-8-14/h2-10,17H,1H3/b16-10+. The maximum Gasteiger partial charge on any atom is 0.276 e. The number of ether oxygens (including phenoxy) is 1. The van der Waals surface area contributed by atoms with Gasteiger partial charge in [0.1, 0.15) is 5.75 Å². The van der Waals surface area contributed by atoms with Crippen LogP contribution in [-0.4, -0.2) is 21.7 Å². The first kappa shape index (κ1) is 15.3. The molecule has 0 aliphatic heterocycles. The van der Waals surface area contributed by atoms with Crippen LogP contribution in [-0.2, 0) is 10.0 Å². The summed E-state index contributed by atoms with van der Waals surface area (Å²) in [6.45, 7) is 0. The fourth-order valence-electron chi connectivity index (χ4n) is 1.56. The van der Waals surface area contributed by atoms with Crippen LogP contribution in [0.5, 0.6) is 5.75 Å². The predicted octanol–water partition coefficient (Wildman–Crippen LogP) is 2.66. The zero-order valence-corrected chi connectivity index (χ0v) is 12.7. The topological polar surface area (TPSA) is 67.8 Å². The molecule has 5 nitrogen and oxygen atoms in total. The van der Waals surface area contributed by atoms with Crippen LogP contribution in [0.3, 0.4) is 0 Å². The van der Waals surface area contributed by atoms with Gasteiger partial charge in [0.2, 0.25) is 0 Å². The van der Waals surface area contributed by atoms with Crippen LogP contribution in [0.2, 0.25) is 5.02 Å². The van der Waals surface area contributed by atoms with E-state index in [1.807, 2.05) is 0 Å². The molecule has 2 aromatic rings. The van der Waals surface area contributed by atoms with Gasteiger partial charge in [-0.3, -0.25) is 0 Å². The quantitative estimate of drug-likeness (QED) is 0.679. The zero-order valence-electron chi connectivity index (χ0n) is 11.2. The van der Waals surface area contributed by atoms with E-state index in [4.69, 9.17) is 16.3 Å². The highest BCUT2D eigenvalue weighted by Gasteiger charge is 2.11. The third-order valence-electron chi connectivity index (χ3n) is 2.60. The first-order chi connectivity index (χ1) is 10.0. The second-order valence-electron chi connectivity index (χ2n) is 4.08. The van der Waals surface area contributed by atoms with Crippen LogP contribution >= 0.6 is 11.6 Å². The summed E-state index contributed by atoms with van der Waals surface area (Å²) in [5.41, 5.74) is 0.716. The molecule has 7 heteroatoms. The molecule has 0 fully saturated rings. The third kappa shape index (κ3) is 4.21. The van der Waals surface area contributed by atoms with E-state index in [-0.39, 0.29) is 4.90 Å². The number of nitrogens with zero attached hydrogens (tertiary/aromatic N) is 1. The Kier molecular flexibility index (Phi) is 4.82. The third-order valence-corrected chi connectivity index (χ3v) is 4.09. The number of methoxy groups -OCH3 is 1. The van der Waals surface area contributed by atoms with Crippen molar-refractivity contribution in [2.24, 2.45) is 5.10 Å². The molecule has 0 heterocycles. The van der Waals surface area contributed by atoms with Gasteiger partial charge < -0.3 is 4.74 Å². The highest BCUT2D eigenvalue weighted by Crippen LogP contribution is 2.14. The van der Waals surface area contributed by atoms with Crippen molar-refractivity contribution in [1.29, 1.82) is 0 Å². The molecule has 1 N–H and O–H groups in total. The van der Waals surface area contributed by atoms with E-state index in [9.17, 15) is 8.42 Å². The summed E-state index contributed by atoms with van der Waals surface area (Å²) in [7, 11) is -2.15. The number of halogens is 1. The number of benzene rings is 2. The van der Waals surface area contributed by atoms with E-state index >= 15 is 0 Å². The molecule has 0 radical (unpaired) electrons. The van der Waals surface area contributed by atoms with Crippen molar-refractivity contribution in [3.8, 4) is 5.75 Å². The lowest BCUT2D eigenvalue weighted by Crippen LogP contribution is -2.18. The molecule has 0 aromatic heterocycles. The second-order valence-corrected chi connectivity index (χ2v) is 6.18. The van der Waals surface area contributed by atoms with Crippen molar-refractivity contribution in [2.75, 3.05) is 7.11 Å². The Balaban J connectivity index is 2.10. The maximum atomic E-state index is 12.0. The van der Waals surface area contributed by atoms with Gasteiger partial charge in [0.15, 0.2) is 0 Å². The van der Waals surface area contributed by atoms with E-state index in [0.717, 1.165) is 0 Å². The average molecular weight is 325 g/mol. The summed E-state index contributed by atoms with van der Waals surface area (Å²) in [5, 5.41) is 4.20. The Bertz CT molecular complexity index is 743. The molecule has 0 unspecified atom stereocenters. The number of hydrogen-bond acceptors (Lipinski definition) is 4. The highest BCUT2D eigenvalue weighted by molar-refractivity contribution is 7.89. The summed E-state index contributed by atoms with van der Waals surface area (Å²) in [6.07, 6.45) is 1.40. The molecule has 0 atom stereocenters. The van der Waals surface area contributed by atoms with Gasteiger partial charge in [0.25, 0.3) is 10.0 Å². The van der Waals surface area contributed by atoms with Crippen LogP contribution in [0.1, 0.15) is 5.56 Å². The minimum atomic E-state index is -3.70. The van der Waals surface area contributed by atoms with Crippen LogP contribution < -0.4 is 9.57 Å². The molecule has 2 rings (SSSR count). The van der Waals surface area contributed by atoms with Crippen molar-refractivity contribution < 1.29 is 13.2 Å². The fraction of sp³-hybridized carbons (Fsp3) is 0.0714. The number of hydrazone groups is 1. The summed E-state index contributed by atoms with van der Waals surface area (Å²) in [6, 6.07) is 12.9. The molecule has 0 saturated heterocycles. The van der Waals surface area contributed by atoms with Gasteiger partial charge in [0, 0.05) is 5.02 Å². The number of nitrogens with one attached hydrogen (secondary N) is 1. The molecule has 21 heavy (non-hydrogen) atoms. The van der Waals surface area contributed by atoms with E-state index in [2.05, 4.69) is 9.93 Å². The van der Waals surface area contributed by atoms with Crippen LogP contribution in [0.4, 0.5) is 0 Å². The lowest BCUT2D eigenvalue weighted by molar-refractivity contribution is 0.415. The van der Waals surface area contributed by atoms with Crippen molar-refractivity contribution in [3.63, 3.8) is 0 Å². The molecule has 110 valence electrons. The fourth-order valence-corrected chi connectivity index (χ4v) is 2.48. The molecule has 0 bridgehead atoms. The molecule has 0 spiro atoms. The lowest BCUT2D eigenvalue weighted by atomic mass is 10.2. The predicted molar refractivity (Wildman–Crippen MR) is 82.4 cm³/mol. The van der Waals surface area contributed by atoms with Crippen molar-refractivity contribution in [2.45, 2.75) is 4.90 Å². The second kappa shape index (κ2) is 6.60. The molecular weight excluding hydrogens is 312 g/mol. The Morgan fingerprint density at radius 2 is 1.90 bits per heavy atom. The van der Waals surface area contributed by atoms with Crippen LogP contribution in [0.25, 0.3) is 0 Å². The summed E-state index contributed by atoms with van der Waals surface area (Å²) in [4.78, 5) is 2.23.